The summed E-state index contributed by atoms with van der Waals surface area (Å²) in [7, 11) is 1.70. The summed E-state index contributed by atoms with van der Waals surface area (Å²) >= 11 is 0. The van der Waals surface area contributed by atoms with Crippen molar-refractivity contribution in [3.05, 3.63) is 35.4 Å². The van der Waals surface area contributed by atoms with Gasteiger partial charge in [-0.15, -0.1) is 0 Å². The zero-order valence-electron chi connectivity index (χ0n) is 15.1. The fourth-order valence-corrected chi connectivity index (χ4v) is 3.77. The first-order valence-electron chi connectivity index (χ1n) is 9.19. The van der Waals surface area contributed by atoms with E-state index in [1.807, 2.05) is 6.92 Å². The summed E-state index contributed by atoms with van der Waals surface area (Å²) < 4.78 is 0. The second-order valence-corrected chi connectivity index (χ2v) is 7.37. The largest absolute Gasteiger partial charge is 0.354 e. The Kier molecular flexibility index (Phi) is 6.64. The fraction of sp³-hybridized carbons (Fsp3) is 0.650. The molecule has 1 aliphatic rings. The third-order valence-electron chi connectivity index (χ3n) is 5.27. The molecule has 1 aromatic rings. The van der Waals surface area contributed by atoms with Crippen LogP contribution in [0.1, 0.15) is 76.0 Å². The van der Waals surface area contributed by atoms with E-state index in [-0.39, 0.29) is 11.9 Å². The summed E-state index contributed by atoms with van der Waals surface area (Å²) in [6.07, 6.45) is 6.83. The van der Waals surface area contributed by atoms with Gasteiger partial charge in [0.05, 0.1) is 0 Å². The van der Waals surface area contributed by atoms with Gasteiger partial charge in [-0.2, -0.15) is 0 Å². The van der Waals surface area contributed by atoms with E-state index < -0.39 is 0 Å². The van der Waals surface area contributed by atoms with E-state index >= 15 is 0 Å². The lowest BCUT2D eigenvalue weighted by molar-refractivity contribution is -0.719. The van der Waals surface area contributed by atoms with Gasteiger partial charge in [0, 0.05) is 18.5 Å². The normalized spacial score (nSPS) is 18.7. The Bertz CT molecular complexity index is 489. The summed E-state index contributed by atoms with van der Waals surface area (Å²) in [5.41, 5.74) is 2.82. The molecule has 0 saturated heterocycles. The molecule has 0 radical (unpaired) electrons. The van der Waals surface area contributed by atoms with E-state index in [4.69, 9.17) is 0 Å². The highest BCUT2D eigenvalue weighted by Gasteiger charge is 2.25. The van der Waals surface area contributed by atoms with Crippen LogP contribution in [0.5, 0.6) is 0 Å². The summed E-state index contributed by atoms with van der Waals surface area (Å²) in [6.45, 7) is 6.43. The van der Waals surface area contributed by atoms with Crippen molar-refractivity contribution in [2.24, 2.45) is 5.92 Å². The molecular formula is C20H33N2O+. The molecule has 23 heavy (non-hydrogen) atoms. The number of nitrogens with two attached hydrogens (primary N) is 1. The number of rotatable bonds is 6. The van der Waals surface area contributed by atoms with E-state index in [1.54, 1.807) is 7.05 Å². The Morgan fingerprint density at radius 1 is 1.09 bits per heavy atom. The zero-order valence-corrected chi connectivity index (χ0v) is 15.1. The minimum absolute atomic E-state index is 0.0644. The van der Waals surface area contributed by atoms with Gasteiger partial charge in [0.1, 0.15) is 6.04 Å². The highest BCUT2D eigenvalue weighted by Crippen LogP contribution is 2.33. The monoisotopic (exact) mass is 317 g/mol. The molecule has 0 aromatic heterocycles. The highest BCUT2D eigenvalue weighted by atomic mass is 16.2. The minimum atomic E-state index is -0.0644. The Hall–Kier alpha value is -1.35. The average molecular weight is 317 g/mol. The van der Waals surface area contributed by atoms with Crippen LogP contribution in [0.25, 0.3) is 0 Å². The van der Waals surface area contributed by atoms with Crippen molar-refractivity contribution in [1.29, 1.82) is 0 Å². The number of carbonyl (C=O) groups is 1. The van der Waals surface area contributed by atoms with Crippen molar-refractivity contribution in [1.82, 2.24) is 5.32 Å². The predicted octanol–water partition coefficient (Wildman–Crippen LogP) is 3.13. The number of quaternary nitrogens is 1. The number of benzene rings is 1. The molecule has 0 bridgehead atoms. The van der Waals surface area contributed by atoms with Crippen molar-refractivity contribution in [2.75, 3.05) is 7.05 Å². The maximum absolute atomic E-state index is 11.8. The van der Waals surface area contributed by atoms with Crippen molar-refractivity contribution in [3.63, 3.8) is 0 Å². The Labute approximate surface area is 141 Å². The lowest BCUT2D eigenvalue weighted by Crippen LogP contribution is -2.93. The molecule has 2 rings (SSSR count). The fourth-order valence-electron chi connectivity index (χ4n) is 3.77. The summed E-state index contributed by atoms with van der Waals surface area (Å²) in [4.78, 5) is 11.8. The smallest absolute Gasteiger partial charge is 0.277 e. The third kappa shape index (κ3) is 4.81. The summed E-state index contributed by atoms with van der Waals surface area (Å²) in [5.74, 6) is 1.33. The Morgan fingerprint density at radius 3 is 2.22 bits per heavy atom. The highest BCUT2D eigenvalue weighted by molar-refractivity contribution is 5.79. The number of carbonyl (C=O) groups excluding carboxylic acids is 1. The molecular weight excluding hydrogens is 284 g/mol. The van der Waals surface area contributed by atoms with Gasteiger partial charge in [-0.25, -0.2) is 0 Å². The van der Waals surface area contributed by atoms with Crippen LogP contribution in [-0.2, 0) is 4.79 Å². The van der Waals surface area contributed by atoms with Crippen LogP contribution in [0.2, 0.25) is 0 Å². The average Bonchev–Trinajstić information content (AvgIpc) is 2.59. The van der Waals surface area contributed by atoms with Crippen LogP contribution < -0.4 is 10.6 Å². The van der Waals surface area contributed by atoms with Gasteiger partial charge in [0.15, 0.2) is 6.04 Å². The summed E-state index contributed by atoms with van der Waals surface area (Å²) in [6, 6.07) is 9.45. The lowest BCUT2D eigenvalue weighted by atomic mass is 9.83. The van der Waals surface area contributed by atoms with Crippen LogP contribution >= 0.6 is 0 Å². The predicted molar refractivity (Wildman–Crippen MR) is 95.3 cm³/mol. The molecule has 0 heterocycles. The lowest BCUT2D eigenvalue weighted by Gasteiger charge is -2.25. The molecule has 1 fully saturated rings. The van der Waals surface area contributed by atoms with Crippen molar-refractivity contribution >= 4 is 5.91 Å². The van der Waals surface area contributed by atoms with E-state index in [0.717, 1.165) is 5.92 Å². The van der Waals surface area contributed by atoms with Gasteiger partial charge in [-0.1, -0.05) is 57.4 Å². The van der Waals surface area contributed by atoms with Crippen LogP contribution in [0.3, 0.4) is 0 Å². The first-order chi connectivity index (χ1) is 11.0. The van der Waals surface area contributed by atoms with Crippen LogP contribution in [0.15, 0.2) is 24.3 Å². The number of hydrogen-bond donors (Lipinski definition) is 2. The topological polar surface area (TPSA) is 45.7 Å². The maximum atomic E-state index is 11.8. The molecule has 0 spiro atoms. The SMILES string of the molecule is CNC(=O)[C@H](C)[NH2+][C@@H](c1ccc(C2CCCCC2)cc1)C(C)C. The van der Waals surface area contributed by atoms with E-state index in [1.165, 1.54) is 43.2 Å². The van der Waals surface area contributed by atoms with Gasteiger partial charge in [-0.3, -0.25) is 4.79 Å². The van der Waals surface area contributed by atoms with Gasteiger partial charge in [0.25, 0.3) is 5.91 Å². The molecule has 1 amide bonds. The van der Waals surface area contributed by atoms with E-state index in [9.17, 15) is 4.79 Å². The second-order valence-electron chi connectivity index (χ2n) is 7.37. The van der Waals surface area contributed by atoms with E-state index in [2.05, 4.69) is 48.7 Å². The first-order valence-corrected chi connectivity index (χ1v) is 9.19. The van der Waals surface area contributed by atoms with Crippen LogP contribution in [-0.4, -0.2) is 19.0 Å². The van der Waals surface area contributed by atoms with Gasteiger partial charge in [-0.05, 0) is 31.2 Å². The number of amides is 1. The van der Waals surface area contributed by atoms with Crippen LogP contribution in [0.4, 0.5) is 0 Å². The van der Waals surface area contributed by atoms with Crippen molar-refractivity contribution < 1.29 is 10.1 Å². The van der Waals surface area contributed by atoms with Gasteiger partial charge < -0.3 is 10.6 Å². The number of hydrogen-bond acceptors (Lipinski definition) is 1. The Morgan fingerprint density at radius 2 is 1.70 bits per heavy atom. The first kappa shape index (κ1) is 18.0. The van der Waals surface area contributed by atoms with Crippen LogP contribution in [0, 0.1) is 5.92 Å². The molecule has 1 saturated carbocycles. The molecule has 0 aliphatic heterocycles. The minimum Gasteiger partial charge on any atom is -0.354 e. The molecule has 3 nitrogen and oxygen atoms in total. The second kappa shape index (κ2) is 8.49. The van der Waals surface area contributed by atoms with Gasteiger partial charge in [0.2, 0.25) is 0 Å². The molecule has 3 heteroatoms. The van der Waals surface area contributed by atoms with Crippen molar-refractivity contribution in [2.45, 2.75) is 70.9 Å². The molecule has 128 valence electrons. The molecule has 3 N–H and O–H groups in total. The van der Waals surface area contributed by atoms with E-state index in [0.29, 0.717) is 12.0 Å². The summed E-state index contributed by atoms with van der Waals surface area (Å²) in [5, 5.41) is 4.94. The number of nitrogens with one attached hydrogen (secondary N) is 1. The van der Waals surface area contributed by atoms with Crippen molar-refractivity contribution in [3.8, 4) is 0 Å². The third-order valence-corrected chi connectivity index (χ3v) is 5.27. The zero-order chi connectivity index (χ0) is 16.8. The molecule has 1 aliphatic carbocycles. The molecule has 0 unspecified atom stereocenters. The quantitative estimate of drug-likeness (QED) is 0.832. The maximum Gasteiger partial charge on any atom is 0.277 e. The standard InChI is InChI=1S/C20H32N2O/c1-14(2)19(22-15(3)20(23)21-4)18-12-10-17(11-13-18)16-8-6-5-7-9-16/h10-16,19,22H,5-9H2,1-4H3,(H,21,23)/p+1/t15-,19+/m0/s1. The molecule has 2 atom stereocenters. The number of likely N-dealkylation sites (N-methyl/N-ethyl adjacent to an activating group) is 1. The Balaban J connectivity index is 2.08. The molecule has 1 aromatic carbocycles. The van der Waals surface area contributed by atoms with Gasteiger partial charge >= 0.3 is 0 Å².